The number of anilines is 2. The molecule has 2 aliphatic carbocycles. The molecule has 5 rings (SSSR count). The zero-order valence-corrected chi connectivity index (χ0v) is 18.0. The van der Waals surface area contributed by atoms with Gasteiger partial charge in [-0.1, -0.05) is 12.1 Å². The molecule has 2 bridgehead atoms. The minimum Gasteiger partial charge on any atom is -0.452 e. The molecule has 2 saturated carbocycles. The van der Waals surface area contributed by atoms with Crippen LogP contribution in [0.1, 0.15) is 29.6 Å². The van der Waals surface area contributed by atoms with Crippen LogP contribution in [0.2, 0.25) is 0 Å². The van der Waals surface area contributed by atoms with Crippen molar-refractivity contribution in [3.05, 3.63) is 64.2 Å². The maximum atomic E-state index is 13.0. The fourth-order valence-electron chi connectivity index (χ4n) is 5.54. The molecule has 1 heterocycles. The van der Waals surface area contributed by atoms with Crippen molar-refractivity contribution in [3.63, 3.8) is 0 Å². The summed E-state index contributed by atoms with van der Waals surface area (Å²) in [7, 11) is 0. The number of carbonyl (C=O) groups is 4. The van der Waals surface area contributed by atoms with Gasteiger partial charge < -0.3 is 10.1 Å². The number of ether oxygens (including phenoxy) is 1. The normalized spacial score (nSPS) is 24.8. The minimum atomic E-state index is -0.796. The molecule has 34 heavy (non-hydrogen) atoms. The Kier molecular flexibility index (Phi) is 5.35. The van der Waals surface area contributed by atoms with Gasteiger partial charge in [0, 0.05) is 17.8 Å². The average molecular weight is 463 g/mol. The first-order valence-corrected chi connectivity index (χ1v) is 11.0. The Hall–Kier alpha value is -4.08. The third-order valence-corrected chi connectivity index (χ3v) is 6.94. The number of hydrogen-bond acceptors (Lipinski definition) is 7. The zero-order chi connectivity index (χ0) is 24.0. The largest absolute Gasteiger partial charge is 0.452 e. The van der Waals surface area contributed by atoms with Gasteiger partial charge in [-0.05, 0) is 55.4 Å². The third kappa shape index (κ3) is 3.70. The lowest BCUT2D eigenvalue weighted by molar-refractivity contribution is -0.384. The van der Waals surface area contributed by atoms with Crippen LogP contribution in [0, 0.1) is 33.8 Å². The SMILES string of the molecule is O=C(COC(=O)c1cccc(N2C(=O)[C@H]3[C@H]4CC[C@@H](C4)[C@@H]3C2=O)c1)Nc1cccc([N+](=O)[O-])c1. The first-order valence-electron chi connectivity index (χ1n) is 11.0. The van der Waals surface area contributed by atoms with Gasteiger partial charge in [0.1, 0.15) is 0 Å². The standard InChI is InChI=1S/C24H21N3O7/c28-19(25-16-4-2-6-18(11-16)27(32)33)12-34-24(31)15-3-1-5-17(10-15)26-22(29)20-13-7-8-14(9-13)21(20)23(26)30/h1-6,10-11,13-14,20-21H,7-9,12H2,(H,25,28)/t13-,14-,20-,21-/m0/s1. The van der Waals surface area contributed by atoms with Crippen LogP contribution < -0.4 is 10.2 Å². The second kappa shape index (κ2) is 8.36. The predicted octanol–water partition coefficient (Wildman–Crippen LogP) is 2.93. The van der Waals surface area contributed by atoms with Gasteiger partial charge in [-0.3, -0.25) is 29.4 Å². The third-order valence-electron chi connectivity index (χ3n) is 6.94. The number of amides is 3. The highest BCUT2D eigenvalue weighted by molar-refractivity contribution is 6.22. The number of rotatable bonds is 6. The van der Waals surface area contributed by atoms with Crippen LogP contribution in [0.15, 0.2) is 48.5 Å². The number of fused-ring (bicyclic) bond motifs is 5. The van der Waals surface area contributed by atoms with Crippen molar-refractivity contribution in [2.24, 2.45) is 23.7 Å². The van der Waals surface area contributed by atoms with Gasteiger partial charge in [0.05, 0.1) is 28.0 Å². The van der Waals surface area contributed by atoms with Gasteiger partial charge in [-0.2, -0.15) is 0 Å². The van der Waals surface area contributed by atoms with E-state index in [2.05, 4.69) is 5.32 Å². The van der Waals surface area contributed by atoms with Gasteiger partial charge in [-0.25, -0.2) is 4.79 Å². The van der Waals surface area contributed by atoms with Crippen LogP contribution in [-0.4, -0.2) is 35.2 Å². The summed E-state index contributed by atoms with van der Waals surface area (Å²) < 4.78 is 5.06. The Labute approximate surface area is 194 Å². The van der Waals surface area contributed by atoms with Gasteiger partial charge in [-0.15, -0.1) is 0 Å². The Morgan fingerprint density at radius 2 is 1.71 bits per heavy atom. The number of hydrogen-bond donors (Lipinski definition) is 1. The molecular weight excluding hydrogens is 442 g/mol. The fourth-order valence-corrected chi connectivity index (χ4v) is 5.54. The van der Waals surface area contributed by atoms with Crippen molar-refractivity contribution in [3.8, 4) is 0 Å². The Balaban J connectivity index is 1.23. The molecule has 3 aliphatic rings. The molecule has 1 N–H and O–H groups in total. The van der Waals surface area contributed by atoms with Crippen LogP contribution in [0.5, 0.6) is 0 Å². The van der Waals surface area contributed by atoms with Crippen molar-refractivity contribution in [2.45, 2.75) is 19.3 Å². The first-order chi connectivity index (χ1) is 16.3. The highest BCUT2D eigenvalue weighted by Crippen LogP contribution is 2.56. The summed E-state index contributed by atoms with van der Waals surface area (Å²) in [4.78, 5) is 62.1. The van der Waals surface area contributed by atoms with Crippen LogP contribution in [0.25, 0.3) is 0 Å². The van der Waals surface area contributed by atoms with E-state index in [1.165, 1.54) is 41.3 Å². The molecule has 0 spiro atoms. The van der Waals surface area contributed by atoms with E-state index in [1.54, 1.807) is 12.1 Å². The fraction of sp³-hybridized carbons (Fsp3) is 0.333. The summed E-state index contributed by atoms with van der Waals surface area (Å²) in [6, 6.07) is 11.4. The molecule has 3 fully saturated rings. The summed E-state index contributed by atoms with van der Waals surface area (Å²) in [5.74, 6) is -1.89. The number of non-ortho nitro benzene ring substituents is 1. The summed E-state index contributed by atoms with van der Waals surface area (Å²) in [5, 5.41) is 13.3. The molecule has 3 amide bonds. The molecule has 1 aliphatic heterocycles. The lowest BCUT2D eigenvalue weighted by Gasteiger charge is -2.19. The van der Waals surface area contributed by atoms with Gasteiger partial charge in [0.25, 0.3) is 11.6 Å². The molecule has 0 unspecified atom stereocenters. The highest BCUT2D eigenvalue weighted by atomic mass is 16.6. The summed E-state index contributed by atoms with van der Waals surface area (Å²) in [6.45, 7) is -0.610. The Bertz CT molecular complexity index is 1200. The monoisotopic (exact) mass is 463 g/mol. The number of carbonyl (C=O) groups excluding carboxylic acids is 4. The molecule has 1 saturated heterocycles. The molecule has 174 valence electrons. The quantitative estimate of drug-likeness (QED) is 0.301. The van der Waals surface area contributed by atoms with Gasteiger partial charge >= 0.3 is 5.97 Å². The predicted molar refractivity (Wildman–Crippen MR) is 119 cm³/mol. The van der Waals surface area contributed by atoms with E-state index in [1.807, 2.05) is 0 Å². The second-order valence-corrected chi connectivity index (χ2v) is 8.88. The maximum Gasteiger partial charge on any atom is 0.338 e. The topological polar surface area (TPSA) is 136 Å². The van der Waals surface area contributed by atoms with Crippen molar-refractivity contribution in [1.29, 1.82) is 0 Å². The number of nitrogens with zero attached hydrogens (tertiary/aromatic N) is 2. The van der Waals surface area contributed by atoms with E-state index >= 15 is 0 Å². The van der Waals surface area contributed by atoms with Crippen molar-refractivity contribution < 1.29 is 28.8 Å². The number of benzene rings is 2. The van der Waals surface area contributed by atoms with Crippen molar-refractivity contribution >= 4 is 40.8 Å². The van der Waals surface area contributed by atoms with Crippen LogP contribution >= 0.6 is 0 Å². The van der Waals surface area contributed by atoms with E-state index in [0.29, 0.717) is 5.69 Å². The molecule has 10 heteroatoms. The average Bonchev–Trinajstić information content (AvgIpc) is 3.51. The number of esters is 1. The van der Waals surface area contributed by atoms with Crippen LogP contribution in [0.4, 0.5) is 17.1 Å². The van der Waals surface area contributed by atoms with Crippen molar-refractivity contribution in [1.82, 2.24) is 0 Å². The van der Waals surface area contributed by atoms with Crippen LogP contribution in [0.3, 0.4) is 0 Å². The molecule has 0 aromatic heterocycles. The minimum absolute atomic E-state index is 0.0984. The first kappa shape index (κ1) is 21.7. The van der Waals surface area contributed by atoms with Gasteiger partial charge in [0.2, 0.25) is 11.8 Å². The van der Waals surface area contributed by atoms with E-state index in [9.17, 15) is 29.3 Å². The number of nitro groups is 1. The summed E-state index contributed by atoms with van der Waals surface area (Å²) in [5.41, 5.74) is 0.429. The number of imide groups is 1. The van der Waals surface area contributed by atoms with Gasteiger partial charge in [0.15, 0.2) is 6.61 Å². The van der Waals surface area contributed by atoms with Crippen molar-refractivity contribution in [2.75, 3.05) is 16.8 Å². The summed E-state index contributed by atoms with van der Waals surface area (Å²) >= 11 is 0. The lowest BCUT2D eigenvalue weighted by atomic mass is 9.81. The highest BCUT2D eigenvalue weighted by Gasteiger charge is 2.61. The van der Waals surface area contributed by atoms with E-state index < -0.39 is 23.4 Å². The van der Waals surface area contributed by atoms with Crippen LogP contribution in [-0.2, 0) is 19.1 Å². The molecule has 2 aromatic carbocycles. The van der Waals surface area contributed by atoms with E-state index in [0.717, 1.165) is 19.3 Å². The zero-order valence-electron chi connectivity index (χ0n) is 18.0. The molecular formula is C24H21N3O7. The molecule has 0 radical (unpaired) electrons. The van der Waals surface area contributed by atoms with E-state index in [4.69, 9.17) is 4.74 Å². The lowest BCUT2D eigenvalue weighted by Crippen LogP contribution is -2.32. The smallest absolute Gasteiger partial charge is 0.338 e. The Morgan fingerprint density at radius 3 is 2.38 bits per heavy atom. The Morgan fingerprint density at radius 1 is 1.03 bits per heavy atom. The second-order valence-electron chi connectivity index (χ2n) is 8.88. The maximum absolute atomic E-state index is 13.0. The molecule has 10 nitrogen and oxygen atoms in total. The number of nitrogens with one attached hydrogen (secondary N) is 1. The summed E-state index contributed by atoms with van der Waals surface area (Å²) in [6.07, 6.45) is 2.89. The van der Waals surface area contributed by atoms with E-state index in [-0.39, 0.29) is 52.4 Å². The molecule has 2 aromatic rings. The number of nitro benzene ring substituents is 1. The molecule has 4 atom stereocenters.